The molecule has 6 aromatic carbocycles. The zero-order chi connectivity index (χ0) is 26.7. The van der Waals surface area contributed by atoms with E-state index in [1.807, 2.05) is 24.3 Å². The molecule has 190 valence electrons. The smallest absolute Gasteiger partial charge is 0.162 e. The Balaban J connectivity index is 1.48. The average molecular weight is 542 g/mol. The van der Waals surface area contributed by atoms with Crippen LogP contribution in [0.2, 0.25) is 0 Å². The van der Waals surface area contributed by atoms with Crippen LogP contribution in [0.4, 0.5) is 0 Å². The van der Waals surface area contributed by atoms with Gasteiger partial charge in [-0.1, -0.05) is 91.0 Å². The van der Waals surface area contributed by atoms with Gasteiger partial charge in [0.15, 0.2) is 17.2 Å². The molecule has 0 unspecified atom stereocenters. The molecule has 5 heteroatoms. The first-order valence-corrected chi connectivity index (χ1v) is 14.5. The van der Waals surface area contributed by atoms with E-state index < -0.39 is 0 Å². The summed E-state index contributed by atoms with van der Waals surface area (Å²) in [5.41, 5.74) is 5.92. The van der Waals surface area contributed by atoms with Crippen molar-refractivity contribution in [1.82, 2.24) is 14.5 Å². The molecule has 0 atom stereocenters. The van der Waals surface area contributed by atoms with Crippen LogP contribution in [-0.4, -0.2) is 14.5 Å². The Morgan fingerprint density at radius 1 is 0.634 bits per heavy atom. The molecule has 0 fully saturated rings. The molecule has 41 heavy (non-hydrogen) atoms. The lowest BCUT2D eigenvalue weighted by Crippen LogP contribution is -2.01. The van der Waals surface area contributed by atoms with Crippen LogP contribution < -0.4 is 0 Å². The number of hydrogen-bond donors (Lipinski definition) is 0. The molecule has 0 saturated heterocycles. The van der Waals surface area contributed by atoms with Gasteiger partial charge in [0.1, 0.15) is 5.58 Å². The molecule has 0 aliphatic heterocycles. The second kappa shape index (κ2) is 7.68. The van der Waals surface area contributed by atoms with Crippen molar-refractivity contribution in [2.24, 2.45) is 0 Å². The van der Waals surface area contributed by atoms with Crippen molar-refractivity contribution < 1.29 is 4.42 Å². The largest absolute Gasteiger partial charge is 0.454 e. The first kappa shape index (κ1) is 21.5. The van der Waals surface area contributed by atoms with Gasteiger partial charge in [0.25, 0.3) is 0 Å². The highest BCUT2D eigenvalue weighted by Gasteiger charge is 2.25. The van der Waals surface area contributed by atoms with E-state index in [0.29, 0.717) is 5.82 Å². The van der Waals surface area contributed by atoms with Crippen LogP contribution in [0.1, 0.15) is 0 Å². The normalized spacial score (nSPS) is 12.4. The SMILES string of the molecule is c1ccc(-c2nc(-n3c4cccc5ccc6cc7c8ccccc8oc7c3c6c54)c3sc4ccccc4c3n2)cc1. The highest BCUT2D eigenvalue weighted by atomic mass is 32.1. The summed E-state index contributed by atoms with van der Waals surface area (Å²) in [6.07, 6.45) is 0. The van der Waals surface area contributed by atoms with E-state index in [4.69, 9.17) is 14.4 Å². The predicted molar refractivity (Wildman–Crippen MR) is 171 cm³/mol. The zero-order valence-electron chi connectivity index (χ0n) is 21.6. The molecule has 4 nitrogen and oxygen atoms in total. The Morgan fingerprint density at radius 3 is 2.37 bits per heavy atom. The van der Waals surface area contributed by atoms with E-state index in [9.17, 15) is 0 Å². The predicted octanol–water partition coefficient (Wildman–Crippen LogP) is 10.1. The quantitative estimate of drug-likeness (QED) is 0.205. The Hall–Kier alpha value is -5.26. The topological polar surface area (TPSA) is 43.9 Å². The fourth-order valence-electron chi connectivity index (χ4n) is 6.59. The minimum absolute atomic E-state index is 0.716. The molecule has 0 amide bonds. The first-order valence-electron chi connectivity index (χ1n) is 13.7. The van der Waals surface area contributed by atoms with Gasteiger partial charge in [0.2, 0.25) is 0 Å². The minimum atomic E-state index is 0.716. The third-order valence-electron chi connectivity index (χ3n) is 8.35. The Kier molecular flexibility index (Phi) is 4.04. The molecule has 0 bridgehead atoms. The van der Waals surface area contributed by atoms with Gasteiger partial charge in [-0.25, -0.2) is 9.97 Å². The summed E-state index contributed by atoms with van der Waals surface area (Å²) in [4.78, 5) is 10.5. The number of fused-ring (bicyclic) bond motifs is 7. The van der Waals surface area contributed by atoms with Crippen LogP contribution in [0.5, 0.6) is 0 Å². The molecule has 0 aliphatic rings. The standard InChI is InChI=1S/C36H19N3OS/c1-2-9-21(10-3-1)35-37-31-24-13-5-7-16-28(24)41-34(31)36(38-35)39-26-14-8-11-20-17-18-22-19-25-23-12-4-6-15-27(23)40-33(25)32(39)30(22)29(20)26/h1-19H. The van der Waals surface area contributed by atoms with Gasteiger partial charge >= 0.3 is 0 Å². The summed E-state index contributed by atoms with van der Waals surface area (Å²) in [6, 6.07) is 40.4. The van der Waals surface area contributed by atoms with E-state index in [2.05, 4.69) is 95.6 Å². The monoisotopic (exact) mass is 541 g/mol. The van der Waals surface area contributed by atoms with Crippen LogP contribution in [0.15, 0.2) is 120 Å². The lowest BCUT2D eigenvalue weighted by atomic mass is 10.00. The number of thiophene rings is 1. The summed E-state index contributed by atoms with van der Waals surface area (Å²) in [5.74, 6) is 1.60. The van der Waals surface area contributed by atoms with Crippen molar-refractivity contribution in [3.8, 4) is 17.2 Å². The maximum atomic E-state index is 6.68. The number of nitrogens with zero attached hydrogens (tertiary/aromatic N) is 3. The van der Waals surface area contributed by atoms with E-state index in [-0.39, 0.29) is 0 Å². The molecule has 0 spiro atoms. The molecular formula is C36H19N3OS. The summed E-state index contributed by atoms with van der Waals surface area (Å²) in [5, 5.41) is 8.23. The Labute approximate surface area is 237 Å². The van der Waals surface area contributed by atoms with E-state index >= 15 is 0 Å². The van der Waals surface area contributed by atoms with Crippen molar-refractivity contribution in [1.29, 1.82) is 0 Å². The molecule has 10 rings (SSSR count). The van der Waals surface area contributed by atoms with Crippen LogP contribution in [0, 0.1) is 0 Å². The highest BCUT2D eigenvalue weighted by molar-refractivity contribution is 7.26. The van der Waals surface area contributed by atoms with E-state index in [1.54, 1.807) is 11.3 Å². The maximum absolute atomic E-state index is 6.68. The van der Waals surface area contributed by atoms with Crippen molar-refractivity contribution in [3.05, 3.63) is 115 Å². The number of benzene rings is 6. The number of para-hydroxylation sites is 1. The summed E-state index contributed by atoms with van der Waals surface area (Å²) >= 11 is 1.75. The van der Waals surface area contributed by atoms with Gasteiger partial charge in [0.05, 0.1) is 21.3 Å². The third kappa shape index (κ3) is 2.78. The minimum Gasteiger partial charge on any atom is -0.454 e. The molecule has 0 radical (unpaired) electrons. The van der Waals surface area contributed by atoms with Crippen molar-refractivity contribution >= 4 is 86.2 Å². The number of aromatic nitrogens is 3. The van der Waals surface area contributed by atoms with Gasteiger partial charge in [0, 0.05) is 37.2 Å². The van der Waals surface area contributed by atoms with Crippen LogP contribution >= 0.6 is 11.3 Å². The van der Waals surface area contributed by atoms with Gasteiger partial charge in [-0.2, -0.15) is 0 Å². The van der Waals surface area contributed by atoms with Crippen molar-refractivity contribution in [3.63, 3.8) is 0 Å². The molecule has 4 heterocycles. The van der Waals surface area contributed by atoms with Gasteiger partial charge in [-0.3, -0.25) is 4.57 Å². The van der Waals surface area contributed by atoms with Crippen LogP contribution in [0.25, 0.3) is 92.0 Å². The summed E-state index contributed by atoms with van der Waals surface area (Å²) in [6.45, 7) is 0. The van der Waals surface area contributed by atoms with Crippen molar-refractivity contribution in [2.75, 3.05) is 0 Å². The molecule has 0 N–H and O–H groups in total. The highest BCUT2D eigenvalue weighted by Crippen LogP contribution is 2.46. The first-order chi connectivity index (χ1) is 20.3. The number of furan rings is 1. The lowest BCUT2D eigenvalue weighted by molar-refractivity contribution is 0.671. The molecule has 0 saturated carbocycles. The second-order valence-corrected chi connectivity index (χ2v) is 11.6. The molecule has 0 aliphatic carbocycles. The third-order valence-corrected chi connectivity index (χ3v) is 9.51. The van der Waals surface area contributed by atoms with Crippen molar-refractivity contribution in [2.45, 2.75) is 0 Å². The fraction of sp³-hybridized carbons (Fsp3) is 0. The van der Waals surface area contributed by atoms with E-state index in [0.717, 1.165) is 60.0 Å². The molecule has 10 aromatic rings. The summed E-state index contributed by atoms with van der Waals surface area (Å²) in [7, 11) is 0. The van der Waals surface area contributed by atoms with E-state index in [1.165, 1.54) is 26.2 Å². The van der Waals surface area contributed by atoms with Crippen LogP contribution in [-0.2, 0) is 0 Å². The second-order valence-electron chi connectivity index (χ2n) is 10.6. The zero-order valence-corrected chi connectivity index (χ0v) is 22.4. The van der Waals surface area contributed by atoms with Gasteiger partial charge in [-0.05, 0) is 35.0 Å². The Morgan fingerprint density at radius 2 is 1.44 bits per heavy atom. The molecule has 4 aromatic heterocycles. The maximum Gasteiger partial charge on any atom is 0.162 e. The summed E-state index contributed by atoms with van der Waals surface area (Å²) < 4.78 is 11.3. The fourth-order valence-corrected chi connectivity index (χ4v) is 7.71. The lowest BCUT2D eigenvalue weighted by Gasteiger charge is -2.11. The van der Waals surface area contributed by atoms with Crippen LogP contribution in [0.3, 0.4) is 0 Å². The van der Waals surface area contributed by atoms with Gasteiger partial charge in [-0.15, -0.1) is 11.3 Å². The Bertz CT molecular complexity index is 2640. The number of hydrogen-bond acceptors (Lipinski definition) is 4. The average Bonchev–Trinajstić information content (AvgIpc) is 3.70. The van der Waals surface area contributed by atoms with Gasteiger partial charge < -0.3 is 4.42 Å². The number of rotatable bonds is 2. The molecular weight excluding hydrogens is 522 g/mol.